The molecule has 3 rings (SSSR count). The number of rotatable bonds is 6. The van der Waals surface area contributed by atoms with E-state index in [1.165, 1.54) is 11.8 Å². The molecule has 0 saturated carbocycles. The van der Waals surface area contributed by atoms with Gasteiger partial charge in [0.2, 0.25) is 5.91 Å². The summed E-state index contributed by atoms with van der Waals surface area (Å²) in [4.78, 5) is 24.9. The average Bonchev–Trinajstić information content (AvgIpc) is 2.60. The minimum atomic E-state index is -3.10. The second-order valence-corrected chi connectivity index (χ2v) is 9.29. The van der Waals surface area contributed by atoms with Crippen molar-refractivity contribution in [2.24, 2.45) is 0 Å². The van der Waals surface area contributed by atoms with Crippen LogP contribution in [0.25, 0.3) is 0 Å². The molecule has 0 bridgehead atoms. The van der Waals surface area contributed by atoms with Crippen LogP contribution >= 0.6 is 11.8 Å². The Balaban J connectivity index is 1.66. The number of carbonyl (C=O) groups excluding carboxylic acids is 2. The first-order valence-electron chi connectivity index (χ1n) is 8.09. The minimum absolute atomic E-state index is 0.0401. The topological polar surface area (TPSA) is 102 Å². The molecule has 0 aliphatic carbocycles. The molecule has 2 aromatic rings. The van der Waals surface area contributed by atoms with Crippen molar-refractivity contribution in [3.63, 3.8) is 0 Å². The van der Waals surface area contributed by atoms with Gasteiger partial charge in [-0.2, -0.15) is 0 Å². The molecule has 2 N–H and O–H groups in total. The number of nitrogens with one attached hydrogen (secondary N) is 2. The lowest BCUT2D eigenvalue weighted by Crippen LogP contribution is -2.20. The largest absolute Gasteiger partial charge is 0.492 e. The number of ether oxygens (including phenoxy) is 1. The monoisotopic (exact) mass is 406 g/mol. The highest BCUT2D eigenvalue weighted by Crippen LogP contribution is 2.32. The molecule has 2 amide bonds. The fraction of sp³-hybridized carbons (Fsp3) is 0.222. The van der Waals surface area contributed by atoms with Crippen molar-refractivity contribution in [1.29, 1.82) is 0 Å². The Morgan fingerprint density at radius 2 is 2.07 bits per heavy atom. The Bertz CT molecular complexity index is 989. The van der Waals surface area contributed by atoms with E-state index < -0.39 is 9.84 Å². The van der Waals surface area contributed by atoms with Crippen LogP contribution in [0.4, 0.5) is 11.4 Å². The molecule has 0 fully saturated rings. The van der Waals surface area contributed by atoms with Crippen LogP contribution in [0, 0.1) is 0 Å². The van der Waals surface area contributed by atoms with Crippen molar-refractivity contribution in [1.82, 2.24) is 0 Å². The first kappa shape index (κ1) is 19.2. The van der Waals surface area contributed by atoms with Gasteiger partial charge in [0.05, 0.1) is 17.2 Å². The van der Waals surface area contributed by atoms with Gasteiger partial charge in [-0.3, -0.25) is 9.59 Å². The SMILES string of the molecule is CS(=O)(=O)CCOc1cccc(NC(=O)c2ccc3c(c2)NC(=O)CS3)c1. The van der Waals surface area contributed by atoms with Crippen LogP contribution in [0.1, 0.15) is 10.4 Å². The second-order valence-electron chi connectivity index (χ2n) is 6.01. The number of sulfone groups is 1. The molecule has 0 saturated heterocycles. The molecule has 2 aromatic carbocycles. The zero-order chi connectivity index (χ0) is 19.4. The molecule has 0 atom stereocenters. The summed E-state index contributed by atoms with van der Waals surface area (Å²) in [6.07, 6.45) is 1.15. The van der Waals surface area contributed by atoms with Gasteiger partial charge in [0.25, 0.3) is 5.91 Å². The van der Waals surface area contributed by atoms with Crippen LogP contribution in [0.2, 0.25) is 0 Å². The number of hydrogen-bond acceptors (Lipinski definition) is 6. The number of carbonyl (C=O) groups is 2. The summed E-state index contributed by atoms with van der Waals surface area (Å²) in [5.41, 5.74) is 1.56. The molecule has 142 valence electrons. The number of thioether (sulfide) groups is 1. The third kappa shape index (κ3) is 5.48. The summed E-state index contributed by atoms with van der Waals surface area (Å²) >= 11 is 1.43. The van der Waals surface area contributed by atoms with E-state index in [0.29, 0.717) is 28.4 Å². The van der Waals surface area contributed by atoms with Crippen LogP contribution in [-0.4, -0.2) is 44.6 Å². The molecular formula is C18H18N2O5S2. The van der Waals surface area contributed by atoms with Crippen LogP contribution in [-0.2, 0) is 14.6 Å². The van der Waals surface area contributed by atoms with Crippen molar-refractivity contribution in [2.75, 3.05) is 35.0 Å². The molecule has 7 nitrogen and oxygen atoms in total. The number of anilines is 2. The van der Waals surface area contributed by atoms with E-state index in [-0.39, 0.29) is 24.2 Å². The zero-order valence-corrected chi connectivity index (χ0v) is 16.2. The lowest BCUT2D eigenvalue weighted by molar-refractivity contribution is -0.113. The molecule has 0 aromatic heterocycles. The van der Waals surface area contributed by atoms with Gasteiger partial charge < -0.3 is 15.4 Å². The average molecular weight is 406 g/mol. The van der Waals surface area contributed by atoms with Crippen LogP contribution in [0.15, 0.2) is 47.4 Å². The molecule has 9 heteroatoms. The van der Waals surface area contributed by atoms with E-state index in [1.807, 2.05) is 0 Å². The fourth-order valence-corrected chi connectivity index (χ4v) is 3.58. The summed E-state index contributed by atoms with van der Waals surface area (Å²) < 4.78 is 27.7. The van der Waals surface area contributed by atoms with Gasteiger partial charge in [0, 0.05) is 28.5 Å². The fourth-order valence-electron chi connectivity index (χ4n) is 2.40. The third-order valence-corrected chi connectivity index (χ3v) is 5.67. The summed E-state index contributed by atoms with van der Waals surface area (Å²) in [7, 11) is -3.10. The Kier molecular flexibility index (Phi) is 5.71. The highest BCUT2D eigenvalue weighted by atomic mass is 32.2. The standard InChI is InChI=1S/C18H18N2O5S2/c1-27(23,24)8-7-25-14-4-2-3-13(10-14)19-18(22)12-5-6-16-15(9-12)20-17(21)11-26-16/h2-6,9-10H,7-8,11H2,1H3,(H,19,22)(H,20,21). The molecule has 0 unspecified atom stereocenters. The van der Waals surface area contributed by atoms with Gasteiger partial charge in [-0.15, -0.1) is 11.8 Å². The predicted molar refractivity (Wildman–Crippen MR) is 105 cm³/mol. The molecule has 0 radical (unpaired) electrons. The maximum atomic E-state index is 12.5. The van der Waals surface area contributed by atoms with Gasteiger partial charge in [-0.25, -0.2) is 8.42 Å². The Labute approximate surface area is 161 Å². The summed E-state index contributed by atoms with van der Waals surface area (Å²) in [6.45, 7) is 0.0401. The van der Waals surface area contributed by atoms with E-state index in [0.717, 1.165) is 11.2 Å². The lowest BCUT2D eigenvalue weighted by atomic mass is 10.1. The van der Waals surface area contributed by atoms with E-state index in [1.54, 1.807) is 42.5 Å². The highest BCUT2D eigenvalue weighted by molar-refractivity contribution is 8.00. The molecule has 27 heavy (non-hydrogen) atoms. The van der Waals surface area contributed by atoms with Crippen molar-refractivity contribution in [3.8, 4) is 5.75 Å². The molecule has 0 spiro atoms. The maximum absolute atomic E-state index is 12.5. The van der Waals surface area contributed by atoms with Crippen LogP contribution in [0.3, 0.4) is 0 Å². The maximum Gasteiger partial charge on any atom is 0.255 e. The molecule has 1 aliphatic heterocycles. The van der Waals surface area contributed by atoms with Crippen molar-refractivity contribution in [3.05, 3.63) is 48.0 Å². The first-order chi connectivity index (χ1) is 12.8. The van der Waals surface area contributed by atoms with E-state index in [2.05, 4.69) is 10.6 Å². The summed E-state index contributed by atoms with van der Waals surface area (Å²) in [5.74, 6) is 0.332. The van der Waals surface area contributed by atoms with Gasteiger partial charge in [0.1, 0.15) is 12.4 Å². The number of fused-ring (bicyclic) bond motifs is 1. The zero-order valence-electron chi connectivity index (χ0n) is 14.5. The molecular weight excluding hydrogens is 388 g/mol. The third-order valence-electron chi connectivity index (χ3n) is 3.69. The molecule has 1 aliphatic rings. The van der Waals surface area contributed by atoms with E-state index in [4.69, 9.17) is 4.74 Å². The summed E-state index contributed by atoms with van der Waals surface area (Å²) in [5, 5.41) is 5.52. The van der Waals surface area contributed by atoms with Gasteiger partial charge >= 0.3 is 0 Å². The number of amides is 2. The minimum Gasteiger partial charge on any atom is -0.492 e. The van der Waals surface area contributed by atoms with Crippen molar-refractivity contribution in [2.45, 2.75) is 4.90 Å². The van der Waals surface area contributed by atoms with Gasteiger partial charge in [0.15, 0.2) is 9.84 Å². The van der Waals surface area contributed by atoms with Crippen LogP contribution < -0.4 is 15.4 Å². The van der Waals surface area contributed by atoms with Crippen molar-refractivity contribution >= 4 is 44.8 Å². The van der Waals surface area contributed by atoms with E-state index >= 15 is 0 Å². The Morgan fingerprint density at radius 1 is 1.26 bits per heavy atom. The van der Waals surface area contributed by atoms with E-state index in [9.17, 15) is 18.0 Å². The number of benzene rings is 2. The first-order valence-corrected chi connectivity index (χ1v) is 11.1. The van der Waals surface area contributed by atoms with Crippen molar-refractivity contribution < 1.29 is 22.7 Å². The predicted octanol–water partition coefficient (Wildman–Crippen LogP) is 2.41. The van der Waals surface area contributed by atoms with Gasteiger partial charge in [-0.1, -0.05) is 6.07 Å². The Hall–Kier alpha value is -2.52. The molecule has 1 heterocycles. The highest BCUT2D eigenvalue weighted by Gasteiger charge is 2.17. The second kappa shape index (κ2) is 8.01. The quantitative estimate of drug-likeness (QED) is 0.764. The van der Waals surface area contributed by atoms with Gasteiger partial charge in [-0.05, 0) is 30.3 Å². The number of hydrogen-bond donors (Lipinski definition) is 2. The van der Waals surface area contributed by atoms with Crippen LogP contribution in [0.5, 0.6) is 5.75 Å². The normalized spacial score (nSPS) is 13.4. The lowest BCUT2D eigenvalue weighted by Gasteiger charge is -2.17. The summed E-state index contributed by atoms with van der Waals surface area (Å²) in [6, 6.07) is 11.9. The Morgan fingerprint density at radius 3 is 2.85 bits per heavy atom. The smallest absolute Gasteiger partial charge is 0.255 e.